The number of pyridine rings is 1. The van der Waals surface area contributed by atoms with Gasteiger partial charge in [-0.15, -0.1) is 0 Å². The molecular formula is C25H26F3N3O2. The summed E-state index contributed by atoms with van der Waals surface area (Å²) in [5.41, 5.74) is 1.75. The number of hydrogen-bond donors (Lipinski definition) is 1. The summed E-state index contributed by atoms with van der Waals surface area (Å²) >= 11 is 0. The molecule has 33 heavy (non-hydrogen) atoms. The van der Waals surface area contributed by atoms with Gasteiger partial charge in [-0.25, -0.2) is 0 Å². The number of carbonyl (C=O) groups excluding carboxylic acids is 1. The van der Waals surface area contributed by atoms with Crippen LogP contribution in [0.2, 0.25) is 0 Å². The number of hydrogen-bond acceptors (Lipinski definition) is 4. The van der Waals surface area contributed by atoms with Crippen molar-refractivity contribution in [2.24, 2.45) is 5.92 Å². The second-order valence-electron chi connectivity index (χ2n) is 8.29. The SMILES string of the molecule is COc1ccc2nccc(NC(=O)C3CCN(CCc4ccc(C(F)(F)F)cc4)CC3)c2c1. The molecule has 0 spiro atoms. The fourth-order valence-corrected chi connectivity index (χ4v) is 4.16. The number of nitrogens with zero attached hydrogens (tertiary/aromatic N) is 2. The van der Waals surface area contributed by atoms with Gasteiger partial charge in [-0.05, 0) is 74.3 Å². The number of methoxy groups -OCH3 is 1. The Kier molecular flexibility index (Phi) is 6.83. The van der Waals surface area contributed by atoms with Crippen molar-refractivity contribution in [2.45, 2.75) is 25.4 Å². The van der Waals surface area contributed by atoms with Crippen LogP contribution in [0.3, 0.4) is 0 Å². The number of alkyl halides is 3. The van der Waals surface area contributed by atoms with Crippen molar-refractivity contribution in [3.8, 4) is 5.75 Å². The third kappa shape index (κ3) is 5.63. The molecule has 0 unspecified atom stereocenters. The quantitative estimate of drug-likeness (QED) is 0.556. The summed E-state index contributed by atoms with van der Waals surface area (Å²) in [7, 11) is 1.60. The highest BCUT2D eigenvalue weighted by Crippen LogP contribution is 2.30. The minimum Gasteiger partial charge on any atom is -0.497 e. The van der Waals surface area contributed by atoms with Gasteiger partial charge in [-0.2, -0.15) is 13.2 Å². The van der Waals surface area contributed by atoms with Gasteiger partial charge in [-0.3, -0.25) is 9.78 Å². The standard InChI is InChI=1S/C25H26F3N3O2/c1-33-20-6-7-22-21(16-20)23(8-12-29-22)30-24(32)18-10-14-31(15-11-18)13-9-17-2-4-19(5-3-17)25(26,27)28/h2-8,12,16,18H,9-11,13-15H2,1H3,(H,29,30,32). The van der Waals surface area contributed by atoms with Crippen LogP contribution in [0.5, 0.6) is 5.75 Å². The lowest BCUT2D eigenvalue weighted by molar-refractivity contribution is -0.137. The fourth-order valence-electron chi connectivity index (χ4n) is 4.16. The van der Waals surface area contributed by atoms with Crippen LogP contribution in [-0.4, -0.2) is 42.5 Å². The Morgan fingerprint density at radius 1 is 1.12 bits per heavy atom. The molecule has 4 rings (SSSR count). The Bertz CT molecular complexity index is 1110. The first-order valence-electron chi connectivity index (χ1n) is 11.0. The molecular weight excluding hydrogens is 431 g/mol. The Morgan fingerprint density at radius 3 is 2.52 bits per heavy atom. The monoisotopic (exact) mass is 457 g/mol. The molecule has 2 aromatic carbocycles. The van der Waals surface area contributed by atoms with Crippen molar-refractivity contribution >= 4 is 22.5 Å². The zero-order chi connectivity index (χ0) is 23.4. The molecule has 1 aliphatic rings. The number of ether oxygens (including phenoxy) is 1. The van der Waals surface area contributed by atoms with E-state index in [1.807, 2.05) is 18.2 Å². The van der Waals surface area contributed by atoms with Crippen LogP contribution in [-0.2, 0) is 17.4 Å². The minimum absolute atomic E-state index is 0.00675. The average molecular weight is 457 g/mol. The van der Waals surface area contributed by atoms with Crippen LogP contribution >= 0.6 is 0 Å². The van der Waals surface area contributed by atoms with Gasteiger partial charge >= 0.3 is 6.18 Å². The average Bonchev–Trinajstić information content (AvgIpc) is 2.82. The molecule has 8 heteroatoms. The highest BCUT2D eigenvalue weighted by molar-refractivity contribution is 6.02. The van der Waals surface area contributed by atoms with Crippen LogP contribution in [0, 0.1) is 5.92 Å². The van der Waals surface area contributed by atoms with Gasteiger partial charge in [0.1, 0.15) is 5.75 Å². The number of benzene rings is 2. The maximum absolute atomic E-state index is 12.9. The van der Waals surface area contributed by atoms with Crippen molar-refractivity contribution < 1.29 is 22.7 Å². The molecule has 3 aromatic rings. The number of aromatic nitrogens is 1. The Morgan fingerprint density at radius 2 is 1.85 bits per heavy atom. The van der Waals surface area contributed by atoms with Crippen molar-refractivity contribution in [1.29, 1.82) is 0 Å². The summed E-state index contributed by atoms with van der Waals surface area (Å²) in [6.07, 6.45) is -0.472. The molecule has 5 nitrogen and oxygen atoms in total. The molecule has 1 saturated heterocycles. The zero-order valence-corrected chi connectivity index (χ0v) is 18.4. The second kappa shape index (κ2) is 9.79. The Balaban J connectivity index is 1.29. The first kappa shape index (κ1) is 23.0. The first-order chi connectivity index (χ1) is 15.8. The van der Waals surface area contributed by atoms with Gasteiger partial charge in [0, 0.05) is 24.0 Å². The van der Waals surface area contributed by atoms with Crippen LogP contribution in [0.15, 0.2) is 54.7 Å². The molecule has 0 saturated carbocycles. The molecule has 0 bridgehead atoms. The van der Waals surface area contributed by atoms with Crippen LogP contribution in [0.1, 0.15) is 24.0 Å². The lowest BCUT2D eigenvalue weighted by Crippen LogP contribution is -2.39. The maximum atomic E-state index is 12.9. The highest BCUT2D eigenvalue weighted by Gasteiger charge is 2.30. The fraction of sp³-hybridized carbons (Fsp3) is 0.360. The summed E-state index contributed by atoms with van der Waals surface area (Å²) in [4.78, 5) is 19.5. The Labute approximate surface area is 190 Å². The zero-order valence-electron chi connectivity index (χ0n) is 18.4. The first-order valence-corrected chi connectivity index (χ1v) is 11.0. The summed E-state index contributed by atoms with van der Waals surface area (Å²) in [5, 5.41) is 3.88. The van der Waals surface area contributed by atoms with E-state index >= 15 is 0 Å². The van der Waals surface area contributed by atoms with E-state index in [1.165, 1.54) is 12.1 Å². The van der Waals surface area contributed by atoms with Gasteiger partial charge in [0.25, 0.3) is 0 Å². The van der Waals surface area contributed by atoms with Crippen LogP contribution < -0.4 is 10.1 Å². The topological polar surface area (TPSA) is 54.5 Å². The molecule has 1 aliphatic heterocycles. The van der Waals surface area contributed by atoms with E-state index in [9.17, 15) is 18.0 Å². The van der Waals surface area contributed by atoms with Crippen LogP contribution in [0.25, 0.3) is 10.9 Å². The van der Waals surface area contributed by atoms with E-state index in [2.05, 4.69) is 15.2 Å². The van der Waals surface area contributed by atoms with E-state index in [4.69, 9.17) is 4.74 Å². The van der Waals surface area contributed by atoms with Gasteiger partial charge < -0.3 is 15.0 Å². The lowest BCUT2D eigenvalue weighted by atomic mass is 9.95. The predicted octanol–water partition coefficient (Wildman–Crippen LogP) is 5.16. The van der Waals surface area contributed by atoms with Gasteiger partial charge in [0.2, 0.25) is 5.91 Å². The van der Waals surface area contributed by atoms with E-state index in [0.717, 1.165) is 61.1 Å². The summed E-state index contributed by atoms with van der Waals surface area (Å²) in [5.74, 6) is 0.612. The third-order valence-corrected chi connectivity index (χ3v) is 6.16. The van der Waals surface area contributed by atoms with Gasteiger partial charge in [0.15, 0.2) is 0 Å². The predicted molar refractivity (Wildman–Crippen MR) is 121 cm³/mol. The van der Waals surface area contributed by atoms with E-state index in [0.29, 0.717) is 17.9 Å². The van der Waals surface area contributed by atoms with Crippen molar-refractivity contribution in [3.63, 3.8) is 0 Å². The van der Waals surface area contributed by atoms with Crippen molar-refractivity contribution in [3.05, 3.63) is 65.9 Å². The molecule has 1 aromatic heterocycles. The molecule has 1 fully saturated rings. The van der Waals surface area contributed by atoms with Crippen molar-refractivity contribution in [1.82, 2.24) is 9.88 Å². The largest absolute Gasteiger partial charge is 0.497 e. The van der Waals surface area contributed by atoms with Crippen molar-refractivity contribution in [2.75, 3.05) is 32.1 Å². The third-order valence-electron chi connectivity index (χ3n) is 6.16. The smallest absolute Gasteiger partial charge is 0.416 e. The number of amides is 1. The number of likely N-dealkylation sites (tertiary alicyclic amines) is 1. The minimum atomic E-state index is -4.31. The van der Waals surface area contributed by atoms with E-state index in [1.54, 1.807) is 19.4 Å². The lowest BCUT2D eigenvalue weighted by Gasteiger charge is -2.31. The number of carbonyl (C=O) groups is 1. The summed E-state index contributed by atoms with van der Waals surface area (Å²) < 4.78 is 43.4. The number of anilines is 1. The summed E-state index contributed by atoms with van der Waals surface area (Å²) in [6.45, 7) is 2.32. The number of halogens is 3. The van der Waals surface area contributed by atoms with E-state index in [-0.39, 0.29) is 11.8 Å². The number of piperidine rings is 1. The number of fused-ring (bicyclic) bond motifs is 1. The molecule has 1 amide bonds. The molecule has 2 heterocycles. The molecule has 0 aliphatic carbocycles. The highest BCUT2D eigenvalue weighted by atomic mass is 19.4. The normalized spacial score (nSPS) is 15.5. The Hall–Kier alpha value is -3.13. The summed E-state index contributed by atoms with van der Waals surface area (Å²) in [6, 6.07) is 12.7. The molecule has 174 valence electrons. The van der Waals surface area contributed by atoms with E-state index < -0.39 is 11.7 Å². The number of rotatable bonds is 6. The number of nitrogens with one attached hydrogen (secondary N) is 1. The van der Waals surface area contributed by atoms with Gasteiger partial charge in [0.05, 0.1) is 23.9 Å². The maximum Gasteiger partial charge on any atom is 0.416 e. The van der Waals surface area contributed by atoms with Gasteiger partial charge in [-0.1, -0.05) is 12.1 Å². The molecule has 0 atom stereocenters. The molecule has 0 radical (unpaired) electrons. The van der Waals surface area contributed by atoms with Crippen LogP contribution in [0.4, 0.5) is 18.9 Å². The second-order valence-corrected chi connectivity index (χ2v) is 8.29. The molecule has 1 N–H and O–H groups in total.